The second kappa shape index (κ2) is 8.09. The summed E-state index contributed by atoms with van der Waals surface area (Å²) < 4.78 is 5.82. The first-order chi connectivity index (χ1) is 9.42. The molecule has 0 aliphatic carbocycles. The van der Waals surface area contributed by atoms with Crippen molar-refractivity contribution >= 4 is 8.81 Å². The predicted octanol–water partition coefficient (Wildman–Crippen LogP) is 5.45. The number of benzene rings is 2. The largest absolute Gasteiger partial charge is 0.351 e. The Morgan fingerprint density at radius 1 is 0.895 bits per heavy atom. The summed E-state index contributed by atoms with van der Waals surface area (Å²) in [6, 6.07) is 21.2. The van der Waals surface area contributed by atoms with Gasteiger partial charge in [-0.15, -0.1) is 0 Å². The molecule has 0 unspecified atom stereocenters. The summed E-state index contributed by atoms with van der Waals surface area (Å²) in [6.07, 6.45) is 2.31. The molecule has 2 aromatic rings. The SMILES string of the molecule is CCCCO[P]C(c1ccccc1)c1ccccc1. The lowest BCUT2D eigenvalue weighted by molar-refractivity contribution is 0.349. The smallest absolute Gasteiger partial charge is 0.0943 e. The van der Waals surface area contributed by atoms with Crippen molar-refractivity contribution in [3.8, 4) is 0 Å². The van der Waals surface area contributed by atoms with E-state index < -0.39 is 0 Å². The fourth-order valence-corrected chi connectivity index (χ4v) is 2.89. The maximum atomic E-state index is 5.82. The van der Waals surface area contributed by atoms with Gasteiger partial charge in [0.2, 0.25) is 0 Å². The van der Waals surface area contributed by atoms with E-state index in [9.17, 15) is 0 Å². The molecule has 0 aliphatic rings. The van der Waals surface area contributed by atoms with Crippen LogP contribution in [0.15, 0.2) is 60.7 Å². The summed E-state index contributed by atoms with van der Waals surface area (Å²) in [5, 5.41) is 0. The first kappa shape index (κ1) is 14.2. The summed E-state index contributed by atoms with van der Waals surface area (Å²) in [6.45, 7) is 3.03. The van der Waals surface area contributed by atoms with Crippen molar-refractivity contribution < 1.29 is 4.52 Å². The Morgan fingerprint density at radius 3 is 1.89 bits per heavy atom. The summed E-state index contributed by atoms with van der Waals surface area (Å²) in [5.74, 6) is 0. The zero-order valence-corrected chi connectivity index (χ0v) is 12.2. The van der Waals surface area contributed by atoms with Crippen LogP contribution in [-0.4, -0.2) is 6.61 Å². The Morgan fingerprint density at radius 2 is 1.42 bits per heavy atom. The van der Waals surface area contributed by atoms with Crippen molar-refractivity contribution in [3.05, 3.63) is 71.8 Å². The standard InChI is InChI=1S/C17H20OP/c1-2-3-14-18-19-17(15-10-6-4-7-11-15)16-12-8-5-9-13-16/h4-13,17H,2-3,14H2,1H3. The third-order valence-electron chi connectivity index (χ3n) is 3.00. The summed E-state index contributed by atoms with van der Waals surface area (Å²) in [5.41, 5.74) is 2.93. The average Bonchev–Trinajstić information content (AvgIpc) is 2.49. The Kier molecular flexibility index (Phi) is 6.07. The molecule has 1 nitrogen and oxygen atoms in total. The molecule has 1 radical (unpaired) electrons. The van der Waals surface area contributed by atoms with Gasteiger partial charge in [-0.3, -0.25) is 0 Å². The van der Waals surface area contributed by atoms with Gasteiger partial charge in [0, 0.05) is 0 Å². The van der Waals surface area contributed by atoms with E-state index in [0.717, 1.165) is 21.8 Å². The van der Waals surface area contributed by atoms with Crippen molar-refractivity contribution in [2.45, 2.75) is 25.4 Å². The Bertz CT molecular complexity index is 416. The molecular weight excluding hydrogens is 251 g/mol. The van der Waals surface area contributed by atoms with Crippen molar-refractivity contribution in [2.75, 3.05) is 6.61 Å². The number of hydrogen-bond acceptors (Lipinski definition) is 1. The molecule has 19 heavy (non-hydrogen) atoms. The van der Waals surface area contributed by atoms with Crippen LogP contribution in [-0.2, 0) is 4.52 Å². The highest BCUT2D eigenvalue weighted by Gasteiger charge is 2.15. The molecular formula is C17H20OP. The van der Waals surface area contributed by atoms with E-state index in [1.54, 1.807) is 0 Å². The molecule has 0 saturated heterocycles. The first-order valence-electron chi connectivity index (χ1n) is 6.84. The lowest BCUT2D eigenvalue weighted by atomic mass is 10.0. The van der Waals surface area contributed by atoms with Crippen LogP contribution in [0.4, 0.5) is 0 Å². The monoisotopic (exact) mass is 271 g/mol. The minimum absolute atomic E-state index is 0.305. The summed E-state index contributed by atoms with van der Waals surface area (Å²) in [7, 11) is 1.03. The molecule has 0 bridgehead atoms. The van der Waals surface area contributed by atoms with Crippen LogP contribution in [0.2, 0.25) is 0 Å². The normalized spacial score (nSPS) is 11.5. The maximum Gasteiger partial charge on any atom is 0.0943 e. The van der Waals surface area contributed by atoms with Gasteiger partial charge in [-0.2, -0.15) is 0 Å². The van der Waals surface area contributed by atoms with Crippen LogP contribution in [0.5, 0.6) is 0 Å². The Labute approximate surface area is 117 Å². The lowest BCUT2D eigenvalue weighted by Crippen LogP contribution is -1.96. The predicted molar refractivity (Wildman–Crippen MR) is 82.5 cm³/mol. The number of rotatable bonds is 7. The van der Waals surface area contributed by atoms with Gasteiger partial charge in [-0.25, -0.2) is 0 Å². The van der Waals surface area contributed by atoms with Crippen LogP contribution >= 0.6 is 8.81 Å². The molecule has 2 heteroatoms. The first-order valence-corrected chi connectivity index (χ1v) is 7.72. The van der Waals surface area contributed by atoms with Gasteiger partial charge in [0.25, 0.3) is 0 Å². The van der Waals surface area contributed by atoms with E-state index in [-0.39, 0.29) is 0 Å². The molecule has 0 saturated carbocycles. The molecule has 0 amide bonds. The minimum Gasteiger partial charge on any atom is -0.351 e. The number of hydrogen-bond donors (Lipinski definition) is 0. The van der Waals surface area contributed by atoms with Gasteiger partial charge >= 0.3 is 0 Å². The fourth-order valence-electron chi connectivity index (χ4n) is 1.92. The minimum atomic E-state index is 0.305. The maximum absolute atomic E-state index is 5.82. The average molecular weight is 271 g/mol. The molecule has 0 N–H and O–H groups in total. The Balaban J connectivity index is 2.10. The van der Waals surface area contributed by atoms with Gasteiger partial charge < -0.3 is 4.52 Å². The molecule has 0 atom stereocenters. The highest BCUT2D eigenvalue weighted by Crippen LogP contribution is 2.40. The van der Waals surface area contributed by atoms with Crippen LogP contribution < -0.4 is 0 Å². The van der Waals surface area contributed by atoms with Crippen LogP contribution in [0.1, 0.15) is 36.6 Å². The van der Waals surface area contributed by atoms with E-state index in [0.29, 0.717) is 5.66 Å². The van der Waals surface area contributed by atoms with E-state index >= 15 is 0 Å². The topological polar surface area (TPSA) is 9.23 Å². The van der Waals surface area contributed by atoms with Crippen molar-refractivity contribution in [2.24, 2.45) is 0 Å². The van der Waals surface area contributed by atoms with Crippen molar-refractivity contribution in [1.29, 1.82) is 0 Å². The van der Waals surface area contributed by atoms with Gasteiger partial charge in [-0.1, -0.05) is 74.0 Å². The third kappa shape index (κ3) is 4.45. The van der Waals surface area contributed by atoms with E-state index in [4.69, 9.17) is 4.52 Å². The molecule has 0 aromatic heterocycles. The molecule has 2 aromatic carbocycles. The van der Waals surface area contributed by atoms with Gasteiger partial charge in [-0.05, 0) is 17.5 Å². The molecule has 0 heterocycles. The zero-order valence-electron chi connectivity index (χ0n) is 11.3. The second-order valence-electron chi connectivity index (χ2n) is 4.52. The van der Waals surface area contributed by atoms with Gasteiger partial charge in [0.05, 0.1) is 21.1 Å². The second-order valence-corrected chi connectivity index (χ2v) is 5.50. The molecule has 0 spiro atoms. The number of unbranched alkanes of at least 4 members (excludes halogenated alkanes) is 1. The van der Waals surface area contributed by atoms with E-state index in [2.05, 4.69) is 67.6 Å². The molecule has 2 rings (SSSR count). The summed E-state index contributed by atoms with van der Waals surface area (Å²) in [4.78, 5) is 0. The van der Waals surface area contributed by atoms with Crippen LogP contribution in [0.25, 0.3) is 0 Å². The van der Waals surface area contributed by atoms with Crippen LogP contribution in [0.3, 0.4) is 0 Å². The molecule has 0 aliphatic heterocycles. The summed E-state index contributed by atoms with van der Waals surface area (Å²) >= 11 is 0. The van der Waals surface area contributed by atoms with Gasteiger partial charge in [0.15, 0.2) is 0 Å². The van der Waals surface area contributed by atoms with Crippen molar-refractivity contribution in [1.82, 2.24) is 0 Å². The lowest BCUT2D eigenvalue weighted by Gasteiger charge is -2.16. The molecule has 99 valence electrons. The van der Waals surface area contributed by atoms with E-state index in [1.165, 1.54) is 17.5 Å². The van der Waals surface area contributed by atoms with Crippen molar-refractivity contribution in [3.63, 3.8) is 0 Å². The zero-order chi connectivity index (χ0) is 13.3. The highest BCUT2D eigenvalue weighted by atomic mass is 31.1. The quantitative estimate of drug-likeness (QED) is 0.480. The van der Waals surface area contributed by atoms with E-state index in [1.807, 2.05) is 0 Å². The highest BCUT2D eigenvalue weighted by molar-refractivity contribution is 7.33. The van der Waals surface area contributed by atoms with Gasteiger partial charge in [0.1, 0.15) is 0 Å². The fraction of sp³-hybridized carbons (Fsp3) is 0.294. The Hall–Kier alpha value is -1.17. The van der Waals surface area contributed by atoms with Crippen LogP contribution in [0, 0.1) is 0 Å². The molecule has 0 fully saturated rings. The third-order valence-corrected chi connectivity index (χ3v) is 4.14.